The van der Waals surface area contributed by atoms with Crippen LogP contribution < -0.4 is 15.4 Å². The maximum Gasteiger partial charge on any atom is 0.228 e. The van der Waals surface area contributed by atoms with Crippen LogP contribution in [0.25, 0.3) is 0 Å². The fourth-order valence-corrected chi connectivity index (χ4v) is 2.41. The number of carbonyl (C=O) groups excluding carboxylic acids is 2. The molecule has 2 aromatic carbocycles. The highest BCUT2D eigenvalue weighted by Crippen LogP contribution is 2.23. The smallest absolute Gasteiger partial charge is 0.228 e. The molecule has 2 amide bonds. The number of carbonyl (C=O) groups is 2. The van der Waals surface area contributed by atoms with Crippen molar-refractivity contribution in [3.8, 4) is 11.6 Å². The molecule has 7 nitrogen and oxygen atoms in total. The summed E-state index contributed by atoms with van der Waals surface area (Å²) in [6.07, 6.45) is 1.03. The zero-order chi connectivity index (χ0) is 20.8. The number of benzene rings is 2. The van der Waals surface area contributed by atoms with Gasteiger partial charge < -0.3 is 15.4 Å². The average Bonchev–Trinajstić information content (AvgIpc) is 2.65. The number of aromatic nitrogens is 2. The Kier molecular flexibility index (Phi) is 6.08. The summed E-state index contributed by atoms with van der Waals surface area (Å²) in [5.41, 5.74) is 0.578. The molecule has 0 spiro atoms. The highest BCUT2D eigenvalue weighted by molar-refractivity contribution is 5.92. The molecule has 0 fully saturated rings. The third-order valence-corrected chi connectivity index (χ3v) is 3.67. The topological polar surface area (TPSA) is 93.2 Å². The molecule has 0 radical (unpaired) electrons. The van der Waals surface area contributed by atoms with Crippen molar-refractivity contribution in [3.63, 3.8) is 0 Å². The van der Waals surface area contributed by atoms with E-state index in [2.05, 4.69) is 20.6 Å². The first-order chi connectivity index (χ1) is 13.9. The van der Waals surface area contributed by atoms with Gasteiger partial charge in [-0.25, -0.2) is 18.7 Å². The number of hydrogen-bond donors (Lipinski definition) is 2. The van der Waals surface area contributed by atoms with Crippen molar-refractivity contribution in [2.45, 2.75) is 13.3 Å². The first-order valence-electron chi connectivity index (χ1n) is 8.50. The number of halogens is 2. The van der Waals surface area contributed by atoms with E-state index in [1.165, 1.54) is 25.4 Å². The van der Waals surface area contributed by atoms with Gasteiger partial charge >= 0.3 is 0 Å². The predicted molar refractivity (Wildman–Crippen MR) is 102 cm³/mol. The van der Waals surface area contributed by atoms with E-state index in [1.54, 1.807) is 24.3 Å². The summed E-state index contributed by atoms with van der Waals surface area (Å²) in [4.78, 5) is 31.0. The van der Waals surface area contributed by atoms with Crippen molar-refractivity contribution in [1.82, 2.24) is 9.97 Å². The summed E-state index contributed by atoms with van der Waals surface area (Å²) in [5, 5.41) is 5.15. The van der Waals surface area contributed by atoms with Crippen LogP contribution in [0.15, 0.2) is 54.9 Å². The van der Waals surface area contributed by atoms with Gasteiger partial charge in [0.1, 0.15) is 29.5 Å². The lowest BCUT2D eigenvalue weighted by Crippen LogP contribution is -2.15. The van der Waals surface area contributed by atoms with Crippen LogP contribution in [0.1, 0.15) is 12.5 Å². The van der Waals surface area contributed by atoms with E-state index in [9.17, 15) is 18.4 Å². The summed E-state index contributed by atoms with van der Waals surface area (Å²) in [7, 11) is 0. The Hall–Kier alpha value is -3.88. The number of hydrogen-bond acceptors (Lipinski definition) is 5. The lowest BCUT2D eigenvalue weighted by Gasteiger charge is -2.09. The average molecular weight is 398 g/mol. The lowest BCUT2D eigenvalue weighted by molar-refractivity contribution is -0.116. The first kappa shape index (κ1) is 19.9. The van der Waals surface area contributed by atoms with Crippen molar-refractivity contribution in [2.75, 3.05) is 10.6 Å². The molecule has 0 aliphatic heterocycles. The van der Waals surface area contributed by atoms with Crippen molar-refractivity contribution in [2.24, 2.45) is 0 Å². The molecule has 0 saturated heterocycles. The van der Waals surface area contributed by atoms with Gasteiger partial charge in [0.25, 0.3) is 0 Å². The van der Waals surface area contributed by atoms with Gasteiger partial charge in [0, 0.05) is 24.7 Å². The summed E-state index contributed by atoms with van der Waals surface area (Å²) in [6.45, 7) is 1.36. The predicted octanol–water partition coefficient (Wildman–Crippen LogP) is 3.69. The van der Waals surface area contributed by atoms with Gasteiger partial charge in [0.05, 0.1) is 6.42 Å². The molecule has 2 N–H and O–H groups in total. The molecular formula is C20H16F2N4O3. The molecule has 0 bridgehead atoms. The molecule has 0 saturated carbocycles. The number of amides is 2. The molecule has 0 aliphatic carbocycles. The molecular weight excluding hydrogens is 382 g/mol. The number of anilines is 2. The number of rotatable bonds is 6. The van der Waals surface area contributed by atoms with Crippen LogP contribution in [-0.4, -0.2) is 21.8 Å². The van der Waals surface area contributed by atoms with Crippen LogP contribution in [0.3, 0.4) is 0 Å². The molecule has 9 heteroatoms. The van der Waals surface area contributed by atoms with Crippen molar-refractivity contribution in [3.05, 3.63) is 72.1 Å². The number of ether oxygens (including phenoxy) is 1. The minimum Gasteiger partial charge on any atom is -0.439 e. The van der Waals surface area contributed by atoms with E-state index in [4.69, 9.17) is 4.74 Å². The van der Waals surface area contributed by atoms with Crippen LogP contribution in [0.2, 0.25) is 0 Å². The van der Waals surface area contributed by atoms with Gasteiger partial charge in [-0.15, -0.1) is 0 Å². The largest absolute Gasteiger partial charge is 0.439 e. The van der Waals surface area contributed by atoms with Crippen molar-refractivity contribution >= 4 is 23.3 Å². The third kappa shape index (κ3) is 5.80. The van der Waals surface area contributed by atoms with E-state index in [0.29, 0.717) is 17.3 Å². The zero-order valence-corrected chi connectivity index (χ0v) is 15.3. The molecule has 148 valence electrons. The molecule has 1 heterocycles. The van der Waals surface area contributed by atoms with E-state index in [1.807, 2.05) is 0 Å². The van der Waals surface area contributed by atoms with Crippen LogP contribution >= 0.6 is 0 Å². The Balaban J connectivity index is 1.60. The monoisotopic (exact) mass is 398 g/mol. The van der Waals surface area contributed by atoms with Gasteiger partial charge in [0.2, 0.25) is 17.7 Å². The van der Waals surface area contributed by atoms with Crippen molar-refractivity contribution < 1.29 is 23.1 Å². The second-order valence-corrected chi connectivity index (χ2v) is 6.01. The molecule has 1 aromatic heterocycles. The Labute approximate surface area is 164 Å². The van der Waals surface area contributed by atoms with Gasteiger partial charge in [-0.2, -0.15) is 0 Å². The molecule has 0 unspecified atom stereocenters. The van der Waals surface area contributed by atoms with Crippen LogP contribution in [-0.2, 0) is 16.0 Å². The second kappa shape index (κ2) is 8.87. The van der Waals surface area contributed by atoms with E-state index in [0.717, 1.165) is 12.1 Å². The Bertz CT molecular complexity index is 1040. The van der Waals surface area contributed by atoms with Crippen LogP contribution in [0, 0.1) is 11.6 Å². The summed E-state index contributed by atoms with van der Waals surface area (Å²) < 4.78 is 32.1. The normalized spacial score (nSPS) is 10.3. The highest BCUT2D eigenvalue weighted by atomic mass is 19.1. The van der Waals surface area contributed by atoms with E-state index >= 15 is 0 Å². The SMILES string of the molecule is CC(=O)Nc1cc(Oc2ccc(NC(=O)Cc3ccc(F)cc3F)cc2)ncn1. The maximum atomic E-state index is 13.6. The third-order valence-electron chi connectivity index (χ3n) is 3.67. The fourth-order valence-electron chi connectivity index (χ4n) is 2.41. The highest BCUT2D eigenvalue weighted by Gasteiger charge is 2.10. The molecule has 0 atom stereocenters. The quantitative estimate of drug-likeness (QED) is 0.661. The Morgan fingerprint density at radius 2 is 1.76 bits per heavy atom. The van der Waals surface area contributed by atoms with Gasteiger partial charge in [0.15, 0.2) is 0 Å². The van der Waals surface area contributed by atoms with E-state index in [-0.39, 0.29) is 23.8 Å². The van der Waals surface area contributed by atoms with Gasteiger partial charge in [-0.05, 0) is 35.9 Å². The second-order valence-electron chi connectivity index (χ2n) is 6.01. The minimum absolute atomic E-state index is 0.0996. The lowest BCUT2D eigenvalue weighted by atomic mass is 10.1. The van der Waals surface area contributed by atoms with Crippen LogP contribution in [0.4, 0.5) is 20.3 Å². The molecule has 3 rings (SSSR count). The minimum atomic E-state index is -0.771. The van der Waals surface area contributed by atoms with Gasteiger partial charge in [-0.3, -0.25) is 9.59 Å². The standard InChI is InChI=1S/C20H16F2N4O3/c1-12(27)25-18-10-20(24-11-23-18)29-16-6-4-15(5-7-16)26-19(28)8-13-2-3-14(21)9-17(13)22/h2-7,9-11H,8H2,1H3,(H,26,28)(H,23,24,25,27). The first-order valence-corrected chi connectivity index (χ1v) is 8.50. The van der Waals surface area contributed by atoms with Crippen LogP contribution in [0.5, 0.6) is 11.6 Å². The van der Waals surface area contributed by atoms with Crippen molar-refractivity contribution in [1.29, 1.82) is 0 Å². The summed E-state index contributed by atoms with van der Waals surface area (Å²) >= 11 is 0. The number of nitrogens with one attached hydrogen (secondary N) is 2. The van der Waals surface area contributed by atoms with E-state index < -0.39 is 17.5 Å². The zero-order valence-electron chi connectivity index (χ0n) is 15.3. The molecule has 3 aromatic rings. The Morgan fingerprint density at radius 1 is 1.00 bits per heavy atom. The molecule has 29 heavy (non-hydrogen) atoms. The summed E-state index contributed by atoms with van der Waals surface area (Å²) in [5.74, 6) is -1.20. The fraction of sp³-hybridized carbons (Fsp3) is 0.100. The number of nitrogens with zero attached hydrogens (tertiary/aromatic N) is 2. The Morgan fingerprint density at radius 3 is 2.45 bits per heavy atom. The van der Waals surface area contributed by atoms with Gasteiger partial charge in [-0.1, -0.05) is 6.07 Å². The summed E-state index contributed by atoms with van der Waals surface area (Å²) in [6, 6.07) is 10.9. The molecule has 0 aliphatic rings. The maximum absolute atomic E-state index is 13.6.